The van der Waals surface area contributed by atoms with E-state index in [0.717, 1.165) is 58.1 Å². The molecule has 1 heterocycles. The van der Waals surface area contributed by atoms with Gasteiger partial charge < -0.3 is 18.9 Å². The van der Waals surface area contributed by atoms with E-state index in [9.17, 15) is 0 Å². The van der Waals surface area contributed by atoms with Crippen LogP contribution in [-0.2, 0) is 13.2 Å². The number of rotatable bonds is 7. The summed E-state index contributed by atoms with van der Waals surface area (Å²) in [7, 11) is 0. The first-order valence-electron chi connectivity index (χ1n) is 14.5. The topological polar surface area (TPSA) is 36.9 Å². The molecule has 4 aromatic carbocycles. The van der Waals surface area contributed by atoms with E-state index in [-0.39, 0.29) is 5.92 Å². The minimum absolute atomic E-state index is 0.255. The molecule has 6 rings (SSSR count). The molecule has 0 N–H and O–H groups in total. The normalized spacial score (nSPS) is 19.1. The summed E-state index contributed by atoms with van der Waals surface area (Å²) in [6.45, 7) is 7.77. The molecule has 40 heavy (non-hydrogen) atoms. The first-order chi connectivity index (χ1) is 19.5. The van der Waals surface area contributed by atoms with Gasteiger partial charge in [0.2, 0.25) is 0 Å². The number of ether oxygens (including phenoxy) is 4. The van der Waals surface area contributed by atoms with E-state index in [2.05, 4.69) is 57.2 Å². The van der Waals surface area contributed by atoms with E-state index in [1.807, 2.05) is 60.7 Å². The molecule has 1 aliphatic carbocycles. The fourth-order valence-corrected chi connectivity index (χ4v) is 6.29. The minimum Gasteiger partial charge on any atom is -0.488 e. The van der Waals surface area contributed by atoms with Crippen molar-refractivity contribution in [2.75, 3.05) is 0 Å². The van der Waals surface area contributed by atoms with Crippen LogP contribution in [0.15, 0.2) is 97.1 Å². The summed E-state index contributed by atoms with van der Waals surface area (Å²) in [5.41, 5.74) is 3.98. The Kier molecular flexibility index (Phi) is 7.42. The molecule has 1 spiro atoms. The van der Waals surface area contributed by atoms with Gasteiger partial charge in [0.1, 0.15) is 36.2 Å². The summed E-state index contributed by atoms with van der Waals surface area (Å²) in [6.07, 6.45) is 3.08. The lowest BCUT2D eigenvalue weighted by molar-refractivity contribution is -0.194. The van der Waals surface area contributed by atoms with Crippen molar-refractivity contribution in [3.63, 3.8) is 0 Å². The predicted molar refractivity (Wildman–Crippen MR) is 159 cm³/mol. The van der Waals surface area contributed by atoms with Crippen LogP contribution in [0.5, 0.6) is 23.0 Å². The summed E-state index contributed by atoms with van der Waals surface area (Å²) < 4.78 is 27.1. The van der Waals surface area contributed by atoms with Gasteiger partial charge in [-0.15, -0.1) is 0 Å². The minimum atomic E-state index is -0.762. The highest BCUT2D eigenvalue weighted by Gasteiger charge is 2.51. The smallest absolute Gasteiger partial charge is 0.254 e. The van der Waals surface area contributed by atoms with Crippen LogP contribution < -0.4 is 18.9 Å². The zero-order valence-electron chi connectivity index (χ0n) is 23.6. The van der Waals surface area contributed by atoms with Gasteiger partial charge in [0.05, 0.1) is 11.1 Å². The maximum Gasteiger partial charge on any atom is 0.254 e. The average Bonchev–Trinajstić information content (AvgIpc) is 3.10. The van der Waals surface area contributed by atoms with Crippen LogP contribution in [-0.4, -0.2) is 5.79 Å². The van der Waals surface area contributed by atoms with Gasteiger partial charge in [0.15, 0.2) is 0 Å². The van der Waals surface area contributed by atoms with E-state index in [4.69, 9.17) is 18.9 Å². The second-order valence-corrected chi connectivity index (χ2v) is 11.6. The van der Waals surface area contributed by atoms with Crippen molar-refractivity contribution >= 4 is 0 Å². The molecule has 1 saturated carbocycles. The van der Waals surface area contributed by atoms with Crippen LogP contribution in [0.25, 0.3) is 11.1 Å². The average molecular weight is 535 g/mol. The predicted octanol–water partition coefficient (Wildman–Crippen LogP) is 9.07. The van der Waals surface area contributed by atoms with Gasteiger partial charge in [-0.3, -0.25) is 0 Å². The zero-order valence-corrected chi connectivity index (χ0v) is 23.6. The van der Waals surface area contributed by atoms with Crippen LogP contribution in [0.2, 0.25) is 0 Å². The molecule has 0 aromatic heterocycles. The van der Waals surface area contributed by atoms with Crippen molar-refractivity contribution in [1.29, 1.82) is 0 Å². The summed E-state index contributed by atoms with van der Waals surface area (Å²) >= 11 is 0. The summed E-state index contributed by atoms with van der Waals surface area (Å²) in [5.74, 6) is 3.46. The number of fused-ring (bicyclic) bond motifs is 3. The fraction of sp³-hybridized carbons (Fsp3) is 0.333. The lowest BCUT2D eigenvalue weighted by Gasteiger charge is -2.46. The first kappa shape index (κ1) is 26.3. The molecular formula is C36H38O4. The molecule has 206 valence electrons. The molecular weight excluding hydrogens is 496 g/mol. The quantitative estimate of drug-likeness (QED) is 0.237. The Labute approximate surface area is 237 Å². The van der Waals surface area contributed by atoms with Gasteiger partial charge in [-0.25, -0.2) is 0 Å². The van der Waals surface area contributed by atoms with E-state index in [1.165, 1.54) is 6.42 Å². The molecule has 0 saturated heterocycles. The Hall–Kier alpha value is -3.92. The molecule has 1 fully saturated rings. The van der Waals surface area contributed by atoms with Gasteiger partial charge in [-0.05, 0) is 60.1 Å². The van der Waals surface area contributed by atoms with E-state index in [0.29, 0.717) is 25.0 Å². The monoisotopic (exact) mass is 534 g/mol. The molecule has 4 heteroatoms. The molecule has 2 atom stereocenters. The van der Waals surface area contributed by atoms with E-state index < -0.39 is 5.79 Å². The molecule has 0 unspecified atom stereocenters. The highest BCUT2D eigenvalue weighted by atomic mass is 16.7. The standard InChI is InChI=1S/C36H38O4/c1-25(2)29-21-20-26(3)22-36(29)39-32-18-10-16-30(37-23-27-12-6-4-7-13-27)34(32)35-31(17-11-19-33(35)40-36)38-24-28-14-8-5-9-15-28/h4-19,25-26,29H,20-24H2,1-3H3/t26-,29-/m1/s1. The third kappa shape index (κ3) is 5.28. The Morgan fingerprint density at radius 1 is 0.675 bits per heavy atom. The fourth-order valence-electron chi connectivity index (χ4n) is 6.29. The highest BCUT2D eigenvalue weighted by molar-refractivity contribution is 5.86. The second kappa shape index (κ2) is 11.3. The van der Waals surface area contributed by atoms with Gasteiger partial charge in [0, 0.05) is 12.3 Å². The lowest BCUT2D eigenvalue weighted by atomic mass is 9.72. The Morgan fingerprint density at radius 3 is 1.65 bits per heavy atom. The maximum absolute atomic E-state index is 7.06. The van der Waals surface area contributed by atoms with E-state index in [1.54, 1.807) is 0 Å². The van der Waals surface area contributed by atoms with Crippen molar-refractivity contribution in [3.05, 3.63) is 108 Å². The van der Waals surface area contributed by atoms with Crippen molar-refractivity contribution < 1.29 is 18.9 Å². The van der Waals surface area contributed by atoms with Crippen LogP contribution in [0, 0.1) is 17.8 Å². The zero-order chi connectivity index (χ0) is 27.5. The van der Waals surface area contributed by atoms with Gasteiger partial charge >= 0.3 is 0 Å². The molecule has 0 amide bonds. The molecule has 4 aromatic rings. The first-order valence-corrected chi connectivity index (χ1v) is 14.5. The van der Waals surface area contributed by atoms with Crippen molar-refractivity contribution in [3.8, 4) is 34.1 Å². The molecule has 4 nitrogen and oxygen atoms in total. The number of hydrogen-bond acceptors (Lipinski definition) is 4. The summed E-state index contributed by atoms with van der Waals surface area (Å²) in [5, 5.41) is 0. The molecule has 1 aliphatic heterocycles. The SMILES string of the molecule is CC(C)[C@H]1CC[C@@H](C)CC12Oc1cccc(OCc3ccccc3)c1-c1c(OCc3ccccc3)cccc1O2. The van der Waals surface area contributed by atoms with Crippen LogP contribution in [0.4, 0.5) is 0 Å². The largest absolute Gasteiger partial charge is 0.488 e. The Morgan fingerprint density at radius 2 is 1.18 bits per heavy atom. The van der Waals surface area contributed by atoms with E-state index >= 15 is 0 Å². The van der Waals surface area contributed by atoms with Gasteiger partial charge in [-0.1, -0.05) is 93.6 Å². The lowest BCUT2D eigenvalue weighted by Crippen LogP contribution is -2.54. The van der Waals surface area contributed by atoms with Gasteiger partial charge in [-0.2, -0.15) is 0 Å². The Balaban J connectivity index is 1.47. The third-order valence-electron chi connectivity index (χ3n) is 8.24. The summed E-state index contributed by atoms with van der Waals surface area (Å²) in [4.78, 5) is 0. The molecule has 0 bridgehead atoms. The van der Waals surface area contributed by atoms with Crippen LogP contribution in [0.3, 0.4) is 0 Å². The second-order valence-electron chi connectivity index (χ2n) is 11.6. The third-order valence-corrected chi connectivity index (χ3v) is 8.24. The Bertz CT molecular complexity index is 1340. The van der Waals surface area contributed by atoms with Crippen molar-refractivity contribution in [1.82, 2.24) is 0 Å². The van der Waals surface area contributed by atoms with Crippen molar-refractivity contribution in [2.45, 2.75) is 59.0 Å². The van der Waals surface area contributed by atoms with Gasteiger partial charge in [0.25, 0.3) is 5.79 Å². The highest BCUT2D eigenvalue weighted by Crippen LogP contribution is 2.55. The maximum atomic E-state index is 7.06. The molecule has 0 radical (unpaired) electrons. The van der Waals surface area contributed by atoms with Crippen molar-refractivity contribution in [2.24, 2.45) is 17.8 Å². The molecule has 2 aliphatic rings. The summed E-state index contributed by atoms with van der Waals surface area (Å²) in [6, 6.07) is 32.7. The van der Waals surface area contributed by atoms with Crippen LogP contribution >= 0.6 is 0 Å². The number of hydrogen-bond donors (Lipinski definition) is 0. The van der Waals surface area contributed by atoms with Crippen LogP contribution in [0.1, 0.15) is 51.2 Å². The number of benzene rings is 4.